The number of hydrogen-bond donors (Lipinski definition) is 0. The summed E-state index contributed by atoms with van der Waals surface area (Å²) in [6.07, 6.45) is 0. The van der Waals surface area contributed by atoms with E-state index in [1.54, 1.807) is 31.0 Å². The number of piperazine rings is 1. The van der Waals surface area contributed by atoms with Crippen LogP contribution in [0.3, 0.4) is 0 Å². The summed E-state index contributed by atoms with van der Waals surface area (Å²) in [5.74, 6) is 0.128. The highest BCUT2D eigenvalue weighted by atomic mass is 35.5. The van der Waals surface area contributed by atoms with Crippen molar-refractivity contribution >= 4 is 27.5 Å². The summed E-state index contributed by atoms with van der Waals surface area (Å²) >= 11 is 6.19. The topological polar surface area (TPSA) is 75.5 Å². The molecule has 0 aliphatic carbocycles. The van der Waals surface area contributed by atoms with Gasteiger partial charge in [0, 0.05) is 33.2 Å². The Morgan fingerprint density at radius 3 is 2.14 bits per heavy atom. The highest BCUT2D eigenvalue weighted by Gasteiger charge is 2.32. The summed E-state index contributed by atoms with van der Waals surface area (Å²) in [5, 5.41) is 4.46. The third-order valence-electron chi connectivity index (χ3n) is 5.08. The minimum absolute atomic E-state index is 0.214. The van der Waals surface area contributed by atoms with Crippen molar-refractivity contribution in [2.45, 2.75) is 31.6 Å². The molecule has 0 bridgehead atoms. The summed E-state index contributed by atoms with van der Waals surface area (Å²) in [5.41, 5.74) is 2.04. The van der Waals surface area contributed by atoms with Crippen molar-refractivity contribution in [1.29, 1.82) is 0 Å². The Balaban J connectivity index is 1.71. The van der Waals surface area contributed by atoms with Crippen LogP contribution in [0.5, 0.6) is 0 Å². The van der Waals surface area contributed by atoms with E-state index in [-0.39, 0.29) is 23.9 Å². The zero-order valence-electron chi connectivity index (χ0n) is 16.5. The molecule has 3 rings (SSSR count). The van der Waals surface area contributed by atoms with Crippen LogP contribution in [0.25, 0.3) is 0 Å². The summed E-state index contributed by atoms with van der Waals surface area (Å²) in [7, 11) is -1.90. The van der Waals surface area contributed by atoms with Gasteiger partial charge in [-0.25, -0.2) is 8.42 Å². The molecule has 2 aromatic rings. The lowest BCUT2D eigenvalue weighted by Gasteiger charge is -2.34. The molecule has 9 heteroatoms. The molecule has 0 atom stereocenters. The van der Waals surface area contributed by atoms with E-state index in [9.17, 15) is 13.2 Å². The lowest BCUT2D eigenvalue weighted by atomic mass is 10.0. The number of aryl methyl sites for hydroxylation is 2. The molecule has 1 aromatic heterocycles. The van der Waals surface area contributed by atoms with Crippen molar-refractivity contribution in [2.24, 2.45) is 7.05 Å². The first kappa shape index (κ1) is 20.8. The lowest BCUT2D eigenvalue weighted by molar-refractivity contribution is 0.0697. The number of carbonyl (C=O) groups is 1. The van der Waals surface area contributed by atoms with Gasteiger partial charge < -0.3 is 4.90 Å². The van der Waals surface area contributed by atoms with Crippen LogP contribution in [-0.4, -0.2) is 59.5 Å². The van der Waals surface area contributed by atoms with Gasteiger partial charge >= 0.3 is 0 Å². The van der Waals surface area contributed by atoms with Crippen LogP contribution in [0.1, 0.15) is 41.4 Å². The Labute approximate surface area is 170 Å². The fourth-order valence-electron chi connectivity index (χ4n) is 3.34. The maximum atomic E-state index is 12.9. The van der Waals surface area contributed by atoms with Gasteiger partial charge in [-0.3, -0.25) is 9.48 Å². The summed E-state index contributed by atoms with van der Waals surface area (Å²) in [4.78, 5) is 14.7. The molecule has 0 spiro atoms. The average Bonchev–Trinajstić information content (AvgIpc) is 2.93. The molecule has 7 nitrogen and oxygen atoms in total. The molecule has 1 aromatic carbocycles. The predicted octanol–water partition coefficient (Wildman–Crippen LogP) is 2.65. The van der Waals surface area contributed by atoms with Crippen molar-refractivity contribution < 1.29 is 13.2 Å². The van der Waals surface area contributed by atoms with E-state index < -0.39 is 10.0 Å². The number of hydrogen-bond acceptors (Lipinski definition) is 4. The number of carbonyl (C=O) groups excluding carboxylic acids is 1. The van der Waals surface area contributed by atoms with Crippen LogP contribution in [0, 0.1) is 6.92 Å². The number of nitrogens with zero attached hydrogens (tertiary/aromatic N) is 4. The second-order valence-electron chi connectivity index (χ2n) is 7.29. The van der Waals surface area contributed by atoms with Gasteiger partial charge in [0.15, 0.2) is 0 Å². The Morgan fingerprint density at radius 2 is 1.68 bits per heavy atom. The third kappa shape index (κ3) is 3.81. The van der Waals surface area contributed by atoms with E-state index in [0.717, 1.165) is 5.56 Å². The molecule has 0 radical (unpaired) electrons. The van der Waals surface area contributed by atoms with E-state index in [4.69, 9.17) is 11.6 Å². The number of sulfonamides is 1. The number of halogens is 1. The second kappa shape index (κ2) is 7.85. The zero-order chi connectivity index (χ0) is 20.6. The minimum Gasteiger partial charge on any atom is -0.336 e. The van der Waals surface area contributed by atoms with Gasteiger partial charge in [-0.05, 0) is 30.5 Å². The molecule has 2 heterocycles. The van der Waals surface area contributed by atoms with Crippen molar-refractivity contribution in [3.8, 4) is 0 Å². The van der Waals surface area contributed by atoms with Crippen LogP contribution in [-0.2, 0) is 17.1 Å². The quantitative estimate of drug-likeness (QED) is 0.756. The highest BCUT2D eigenvalue weighted by molar-refractivity contribution is 7.89. The van der Waals surface area contributed by atoms with Crippen LogP contribution >= 0.6 is 11.6 Å². The SMILES string of the molecule is Cc1nn(C)c(Cl)c1C(=O)N1CCN(S(=O)(=O)c2ccc(C(C)C)cc2)CC1. The van der Waals surface area contributed by atoms with Crippen molar-refractivity contribution in [2.75, 3.05) is 26.2 Å². The van der Waals surface area contributed by atoms with Gasteiger partial charge in [0.2, 0.25) is 10.0 Å². The van der Waals surface area contributed by atoms with Crippen molar-refractivity contribution in [1.82, 2.24) is 19.0 Å². The third-order valence-corrected chi connectivity index (χ3v) is 7.42. The molecule has 0 N–H and O–H groups in total. The van der Waals surface area contributed by atoms with Crippen LogP contribution in [0.15, 0.2) is 29.2 Å². The minimum atomic E-state index is -3.58. The maximum absolute atomic E-state index is 12.9. The highest BCUT2D eigenvalue weighted by Crippen LogP contribution is 2.24. The Bertz CT molecular complexity index is 975. The van der Waals surface area contributed by atoms with Gasteiger partial charge in [-0.1, -0.05) is 37.6 Å². The van der Waals surface area contributed by atoms with Gasteiger partial charge in [0.05, 0.1) is 16.2 Å². The lowest BCUT2D eigenvalue weighted by Crippen LogP contribution is -2.50. The van der Waals surface area contributed by atoms with Crippen molar-refractivity contribution in [3.05, 3.63) is 46.2 Å². The van der Waals surface area contributed by atoms with E-state index in [1.165, 1.54) is 8.99 Å². The molecule has 1 saturated heterocycles. The Morgan fingerprint density at radius 1 is 1.11 bits per heavy atom. The number of benzene rings is 1. The normalized spacial score (nSPS) is 16.0. The molecule has 1 aliphatic rings. The number of rotatable bonds is 4. The first-order valence-electron chi connectivity index (χ1n) is 9.21. The molecule has 0 unspecified atom stereocenters. The van der Waals surface area contributed by atoms with Crippen molar-refractivity contribution in [3.63, 3.8) is 0 Å². The first-order chi connectivity index (χ1) is 13.1. The van der Waals surface area contributed by atoms with Crippen LogP contribution in [0.2, 0.25) is 5.15 Å². The van der Waals surface area contributed by atoms with Gasteiger partial charge in [0.25, 0.3) is 5.91 Å². The smallest absolute Gasteiger partial charge is 0.258 e. The maximum Gasteiger partial charge on any atom is 0.258 e. The van der Waals surface area contributed by atoms with Gasteiger partial charge in [-0.15, -0.1) is 0 Å². The summed E-state index contributed by atoms with van der Waals surface area (Å²) in [6.45, 7) is 6.99. The zero-order valence-corrected chi connectivity index (χ0v) is 18.1. The second-order valence-corrected chi connectivity index (χ2v) is 9.59. The van der Waals surface area contributed by atoms with Crippen LogP contribution in [0.4, 0.5) is 0 Å². The molecule has 152 valence electrons. The van der Waals surface area contributed by atoms with Crippen LogP contribution < -0.4 is 0 Å². The van der Waals surface area contributed by atoms with E-state index in [0.29, 0.717) is 35.4 Å². The fraction of sp³-hybridized carbons (Fsp3) is 0.474. The van der Waals surface area contributed by atoms with Gasteiger partial charge in [-0.2, -0.15) is 9.40 Å². The number of amides is 1. The van der Waals surface area contributed by atoms with E-state index in [1.807, 2.05) is 12.1 Å². The predicted molar refractivity (Wildman–Crippen MR) is 108 cm³/mol. The molecular weight excluding hydrogens is 400 g/mol. The fourth-order valence-corrected chi connectivity index (χ4v) is 5.01. The molecule has 28 heavy (non-hydrogen) atoms. The molecule has 1 fully saturated rings. The first-order valence-corrected chi connectivity index (χ1v) is 11.0. The summed E-state index contributed by atoms with van der Waals surface area (Å²) < 4.78 is 28.7. The molecule has 1 amide bonds. The molecule has 1 aliphatic heterocycles. The Hall–Kier alpha value is -1.90. The average molecular weight is 425 g/mol. The van der Waals surface area contributed by atoms with E-state index in [2.05, 4.69) is 18.9 Å². The summed E-state index contributed by atoms with van der Waals surface area (Å²) in [6, 6.07) is 7.01. The molecular formula is C19H25ClN4O3S. The van der Waals surface area contributed by atoms with Gasteiger partial charge in [0.1, 0.15) is 5.15 Å². The standard InChI is InChI=1S/C19H25ClN4O3S/c1-13(2)15-5-7-16(8-6-15)28(26,27)24-11-9-23(10-12-24)19(25)17-14(3)21-22(4)18(17)20/h5-8,13H,9-12H2,1-4H3. The monoisotopic (exact) mass is 424 g/mol. The number of aromatic nitrogens is 2. The largest absolute Gasteiger partial charge is 0.336 e. The Kier molecular flexibility index (Phi) is 5.84. The van der Waals surface area contributed by atoms with E-state index >= 15 is 0 Å². The molecule has 0 saturated carbocycles.